The second-order valence-electron chi connectivity index (χ2n) is 18.0. The van der Waals surface area contributed by atoms with Gasteiger partial charge in [0.1, 0.15) is 24.9 Å². The first-order chi connectivity index (χ1) is 22.8. The van der Waals surface area contributed by atoms with E-state index in [9.17, 15) is 23.4 Å². The van der Waals surface area contributed by atoms with Crippen LogP contribution in [-0.2, 0) is 43.0 Å². The minimum Gasteiger partial charge on any atom is -0.393 e. The number of hydrogen-bond donors (Lipinski definition) is 3. The molecule has 3 N–H and O–H groups in total. The lowest BCUT2D eigenvalue weighted by atomic mass is 9.43. The third-order valence-electron chi connectivity index (χ3n) is 14.2. The number of fused-ring (bicyclic) bond motifs is 8. The molecule has 4 aliphatic carbocycles. The first kappa shape index (κ1) is 36.5. The zero-order valence-corrected chi connectivity index (χ0v) is 31.1. The van der Waals surface area contributed by atoms with Crippen molar-refractivity contribution in [3.8, 4) is 0 Å². The molecule has 0 spiro atoms. The van der Waals surface area contributed by atoms with Gasteiger partial charge < -0.3 is 33.9 Å². The molecule has 0 aromatic carbocycles. The Balaban J connectivity index is 0.940. The van der Waals surface area contributed by atoms with Gasteiger partial charge in [-0.15, -0.1) is 0 Å². The molecule has 7 rings (SSSR count). The van der Waals surface area contributed by atoms with Crippen molar-refractivity contribution >= 4 is 16.2 Å². The molecule has 12 nitrogen and oxygen atoms in total. The molecular formula is C36H59NO11S. The van der Waals surface area contributed by atoms with Crippen LogP contribution in [0.1, 0.15) is 113 Å². The van der Waals surface area contributed by atoms with Crippen LogP contribution in [0.3, 0.4) is 0 Å². The Labute approximate surface area is 291 Å². The van der Waals surface area contributed by atoms with Gasteiger partial charge in [-0.05, 0) is 132 Å². The van der Waals surface area contributed by atoms with Gasteiger partial charge in [-0.2, -0.15) is 8.42 Å². The molecular weight excluding hydrogens is 654 g/mol. The van der Waals surface area contributed by atoms with Crippen LogP contribution >= 0.6 is 0 Å². The molecule has 7 fully saturated rings. The lowest BCUT2D eigenvalue weighted by Crippen LogP contribution is -2.60. The van der Waals surface area contributed by atoms with E-state index in [1.165, 1.54) is 0 Å². The number of hydrogen-bond acceptors (Lipinski definition) is 11. The van der Waals surface area contributed by atoms with Crippen LogP contribution in [0.2, 0.25) is 0 Å². The molecule has 3 aliphatic heterocycles. The molecule has 3 saturated heterocycles. The van der Waals surface area contributed by atoms with Crippen molar-refractivity contribution < 1.29 is 51.3 Å². The average Bonchev–Trinajstić information content (AvgIpc) is 3.62. The summed E-state index contributed by atoms with van der Waals surface area (Å²) in [4.78, 5) is 13.0. The average molecular weight is 714 g/mol. The number of carbonyl (C=O) groups excluding carboxylic acids is 1. The molecule has 3 heterocycles. The largest absolute Gasteiger partial charge is 0.393 e. The fraction of sp³-hybridized carbons (Fsp3) is 0.972. The Hall–Kier alpha value is -0.900. The Kier molecular flexibility index (Phi) is 9.17. The molecule has 4 saturated carbocycles. The topological polar surface area (TPSA) is 159 Å². The molecule has 49 heavy (non-hydrogen) atoms. The van der Waals surface area contributed by atoms with Crippen molar-refractivity contribution in [1.29, 1.82) is 0 Å². The minimum absolute atomic E-state index is 0.0543. The molecule has 14 atom stereocenters. The lowest BCUT2D eigenvalue weighted by molar-refractivity contribution is -0.290. The Morgan fingerprint density at radius 3 is 2.39 bits per heavy atom. The van der Waals surface area contributed by atoms with E-state index in [-0.39, 0.29) is 47.9 Å². The summed E-state index contributed by atoms with van der Waals surface area (Å²) in [7, 11) is -4.47. The highest BCUT2D eigenvalue weighted by Crippen LogP contribution is 2.68. The van der Waals surface area contributed by atoms with Gasteiger partial charge in [-0.25, -0.2) is 8.91 Å². The SMILES string of the molecule is C[C@H](CCC(=O)NS(=O)(=O)OC[C@@]12OC[C@H]3OC(C)(C)O[C@H]3C1OC(C)(C)O2)[C@H]1CCC2C3C(CC[C@@]21C)[C@@]1(C)CC[C@@H](O)C[C@H]1C[C@@H]3O. The van der Waals surface area contributed by atoms with E-state index in [1.807, 2.05) is 0 Å². The molecule has 280 valence electrons. The van der Waals surface area contributed by atoms with E-state index in [2.05, 4.69) is 25.5 Å². The van der Waals surface area contributed by atoms with Gasteiger partial charge in [0.2, 0.25) is 11.7 Å². The maximum absolute atomic E-state index is 13.0. The third kappa shape index (κ3) is 6.43. The summed E-state index contributed by atoms with van der Waals surface area (Å²) < 4.78 is 63.6. The van der Waals surface area contributed by atoms with Crippen molar-refractivity contribution in [1.82, 2.24) is 4.72 Å². The van der Waals surface area contributed by atoms with Crippen LogP contribution < -0.4 is 4.72 Å². The van der Waals surface area contributed by atoms with Gasteiger partial charge in [-0.3, -0.25) is 4.79 Å². The van der Waals surface area contributed by atoms with Gasteiger partial charge in [0, 0.05) is 6.42 Å². The van der Waals surface area contributed by atoms with Crippen LogP contribution in [0, 0.1) is 46.3 Å². The van der Waals surface area contributed by atoms with Crippen molar-refractivity contribution in [3.05, 3.63) is 0 Å². The maximum atomic E-state index is 13.0. The van der Waals surface area contributed by atoms with Crippen molar-refractivity contribution in [2.24, 2.45) is 46.3 Å². The Morgan fingerprint density at radius 2 is 1.63 bits per heavy atom. The highest BCUT2D eigenvalue weighted by molar-refractivity contribution is 7.85. The molecule has 0 aromatic rings. The summed E-state index contributed by atoms with van der Waals surface area (Å²) in [6.45, 7) is 13.6. The van der Waals surface area contributed by atoms with E-state index in [1.54, 1.807) is 27.7 Å². The van der Waals surface area contributed by atoms with Gasteiger partial charge >= 0.3 is 10.3 Å². The lowest BCUT2D eigenvalue weighted by Gasteiger charge is -2.62. The molecule has 0 radical (unpaired) electrons. The van der Waals surface area contributed by atoms with Crippen molar-refractivity contribution in [2.45, 2.75) is 161 Å². The molecule has 7 aliphatic rings. The number of rotatable bonds is 8. The second-order valence-corrected chi connectivity index (χ2v) is 19.4. The predicted octanol–water partition coefficient (Wildman–Crippen LogP) is 4.17. The van der Waals surface area contributed by atoms with Gasteiger partial charge in [0.25, 0.3) is 0 Å². The van der Waals surface area contributed by atoms with Gasteiger partial charge in [0.05, 0.1) is 18.8 Å². The van der Waals surface area contributed by atoms with Gasteiger partial charge in [0.15, 0.2) is 11.6 Å². The van der Waals surface area contributed by atoms with Crippen LogP contribution in [0.15, 0.2) is 0 Å². The standard InChI is InChI=1S/C36H59NO11S/c1-20(23-9-10-24-29-25(13-15-35(23,24)7)34(6)14-12-22(38)16-21(34)17-26(29)39)8-11-28(40)37-49(41,42)44-19-36-31(47-33(4,5)48-36)30-27(18-43-36)45-32(2,3)46-30/h20-27,29-31,38-39H,8-19H2,1-7H3,(H,37,40)/t20-,21+,22-,23-,24?,25?,26+,27-,29?,30-,31?,34+,35-,36+/m1/s1. The zero-order chi connectivity index (χ0) is 35.4. The number of nitrogens with one attached hydrogen (secondary N) is 1. The summed E-state index contributed by atoms with van der Waals surface area (Å²) in [5, 5.41) is 21.9. The second kappa shape index (κ2) is 12.3. The quantitative estimate of drug-likeness (QED) is 0.332. The van der Waals surface area contributed by atoms with Crippen molar-refractivity contribution in [2.75, 3.05) is 13.2 Å². The van der Waals surface area contributed by atoms with E-state index >= 15 is 0 Å². The van der Waals surface area contributed by atoms with Gasteiger partial charge in [-0.1, -0.05) is 20.8 Å². The Morgan fingerprint density at radius 1 is 0.918 bits per heavy atom. The maximum Gasteiger partial charge on any atom is 0.362 e. The fourth-order valence-electron chi connectivity index (χ4n) is 12.1. The van der Waals surface area contributed by atoms with Crippen molar-refractivity contribution in [3.63, 3.8) is 0 Å². The number of ether oxygens (including phenoxy) is 5. The Bertz CT molecular complexity index is 1390. The summed E-state index contributed by atoms with van der Waals surface area (Å²) in [5.74, 6) is -1.97. The highest BCUT2D eigenvalue weighted by atomic mass is 32.2. The molecule has 1 amide bonds. The van der Waals surface area contributed by atoms with Crippen LogP contribution in [0.4, 0.5) is 0 Å². The first-order valence-electron chi connectivity index (χ1n) is 18.7. The monoisotopic (exact) mass is 713 g/mol. The molecule has 0 bridgehead atoms. The summed E-state index contributed by atoms with van der Waals surface area (Å²) in [6, 6.07) is 0. The number of aliphatic hydroxyl groups is 2. The number of aliphatic hydroxyl groups excluding tert-OH is 2. The van der Waals surface area contributed by atoms with E-state index in [0.29, 0.717) is 30.1 Å². The predicted molar refractivity (Wildman–Crippen MR) is 177 cm³/mol. The zero-order valence-electron chi connectivity index (χ0n) is 30.3. The molecule has 4 unspecified atom stereocenters. The summed E-state index contributed by atoms with van der Waals surface area (Å²) in [6.07, 6.45) is 6.05. The number of carbonyl (C=O) groups is 1. The normalized spacial score (nSPS) is 48.8. The summed E-state index contributed by atoms with van der Waals surface area (Å²) >= 11 is 0. The molecule has 0 aromatic heterocycles. The highest BCUT2D eigenvalue weighted by Gasteiger charge is 2.66. The third-order valence-corrected chi connectivity index (χ3v) is 15.1. The van der Waals surface area contributed by atoms with E-state index < -0.39 is 58.5 Å². The smallest absolute Gasteiger partial charge is 0.362 e. The molecule has 13 heteroatoms. The first-order valence-corrected chi connectivity index (χ1v) is 20.1. The van der Waals surface area contributed by atoms with E-state index in [0.717, 1.165) is 51.4 Å². The van der Waals surface area contributed by atoms with Crippen LogP contribution in [0.25, 0.3) is 0 Å². The fourth-order valence-corrected chi connectivity index (χ4v) is 12.8. The summed E-state index contributed by atoms with van der Waals surface area (Å²) in [5.41, 5.74) is 0.245. The number of amides is 1. The minimum atomic E-state index is -4.47. The van der Waals surface area contributed by atoms with Crippen LogP contribution in [0.5, 0.6) is 0 Å². The van der Waals surface area contributed by atoms with E-state index in [4.69, 9.17) is 27.9 Å². The van der Waals surface area contributed by atoms with Crippen LogP contribution in [-0.4, -0.2) is 85.6 Å².